The molecule has 0 atom stereocenters. The SMILES string of the molecule is COc1ccc(C=C2SC(N3CCN(c4ccccc4)CC3)=NC2=O)cc1OC. The highest BCUT2D eigenvalue weighted by Gasteiger charge is 2.28. The molecular weight excluding hydrogens is 386 g/mol. The first-order valence-electron chi connectivity index (χ1n) is 9.47. The molecule has 0 N–H and O–H groups in total. The molecule has 2 heterocycles. The van der Waals surface area contributed by atoms with Crippen LogP contribution in [-0.4, -0.2) is 56.4 Å². The fourth-order valence-electron chi connectivity index (χ4n) is 3.42. The lowest BCUT2D eigenvalue weighted by Crippen LogP contribution is -2.47. The molecule has 0 unspecified atom stereocenters. The summed E-state index contributed by atoms with van der Waals surface area (Å²) >= 11 is 1.44. The number of carbonyl (C=O) groups is 1. The molecule has 2 aliphatic heterocycles. The van der Waals surface area contributed by atoms with E-state index in [0.29, 0.717) is 16.4 Å². The third kappa shape index (κ3) is 4.24. The molecule has 6 nitrogen and oxygen atoms in total. The molecule has 1 saturated heterocycles. The van der Waals surface area contributed by atoms with E-state index >= 15 is 0 Å². The molecule has 0 spiro atoms. The number of nitrogens with zero attached hydrogens (tertiary/aromatic N) is 3. The van der Waals surface area contributed by atoms with E-state index in [1.807, 2.05) is 30.3 Å². The quantitative estimate of drug-likeness (QED) is 0.721. The molecular formula is C22H23N3O3S. The van der Waals surface area contributed by atoms with Gasteiger partial charge in [0.25, 0.3) is 5.91 Å². The average Bonchev–Trinajstić information content (AvgIpc) is 3.14. The fraction of sp³-hybridized carbons (Fsp3) is 0.273. The van der Waals surface area contributed by atoms with Gasteiger partial charge < -0.3 is 19.3 Å². The third-order valence-corrected chi connectivity index (χ3v) is 6.03. The molecule has 0 aliphatic carbocycles. The number of methoxy groups -OCH3 is 2. The van der Waals surface area contributed by atoms with E-state index in [-0.39, 0.29) is 5.91 Å². The molecule has 1 fully saturated rings. The van der Waals surface area contributed by atoms with E-state index in [0.717, 1.165) is 36.9 Å². The van der Waals surface area contributed by atoms with Crippen LogP contribution >= 0.6 is 11.8 Å². The monoisotopic (exact) mass is 409 g/mol. The number of ether oxygens (including phenoxy) is 2. The Hall–Kier alpha value is -2.93. The van der Waals surface area contributed by atoms with Crippen molar-refractivity contribution in [2.45, 2.75) is 0 Å². The fourth-order valence-corrected chi connectivity index (χ4v) is 4.39. The van der Waals surface area contributed by atoms with Crippen molar-refractivity contribution in [1.82, 2.24) is 4.90 Å². The topological polar surface area (TPSA) is 54.4 Å². The van der Waals surface area contributed by atoms with Crippen LogP contribution in [-0.2, 0) is 4.79 Å². The molecule has 1 amide bonds. The van der Waals surface area contributed by atoms with Crippen molar-refractivity contribution in [3.63, 3.8) is 0 Å². The Morgan fingerprint density at radius 3 is 2.31 bits per heavy atom. The van der Waals surface area contributed by atoms with Crippen LogP contribution in [0.15, 0.2) is 58.4 Å². The number of rotatable bonds is 4. The van der Waals surface area contributed by atoms with Gasteiger partial charge in [0.1, 0.15) is 0 Å². The molecule has 29 heavy (non-hydrogen) atoms. The molecule has 2 aliphatic rings. The van der Waals surface area contributed by atoms with Crippen molar-refractivity contribution in [2.24, 2.45) is 4.99 Å². The van der Waals surface area contributed by atoms with Crippen LogP contribution in [0.5, 0.6) is 11.5 Å². The maximum Gasteiger partial charge on any atom is 0.286 e. The maximum absolute atomic E-state index is 12.4. The number of piperazine rings is 1. The highest BCUT2D eigenvalue weighted by molar-refractivity contribution is 8.18. The number of carbonyl (C=O) groups excluding carboxylic acids is 1. The number of amidine groups is 1. The van der Waals surface area contributed by atoms with Crippen LogP contribution in [0.2, 0.25) is 0 Å². The Morgan fingerprint density at radius 2 is 1.62 bits per heavy atom. The zero-order chi connectivity index (χ0) is 20.2. The van der Waals surface area contributed by atoms with Gasteiger partial charge in [-0.05, 0) is 47.7 Å². The van der Waals surface area contributed by atoms with Crippen LogP contribution in [0, 0.1) is 0 Å². The largest absolute Gasteiger partial charge is 0.493 e. The van der Waals surface area contributed by atoms with Crippen molar-refractivity contribution in [2.75, 3.05) is 45.3 Å². The zero-order valence-corrected chi connectivity index (χ0v) is 17.3. The summed E-state index contributed by atoms with van der Waals surface area (Å²) in [7, 11) is 3.20. The van der Waals surface area contributed by atoms with Crippen molar-refractivity contribution in [3.05, 3.63) is 59.0 Å². The first-order chi connectivity index (χ1) is 14.2. The Bertz CT molecular complexity index is 951. The second kappa shape index (κ2) is 8.61. The van der Waals surface area contributed by atoms with Gasteiger partial charge >= 0.3 is 0 Å². The highest BCUT2D eigenvalue weighted by Crippen LogP contribution is 2.33. The number of benzene rings is 2. The Balaban J connectivity index is 1.42. The molecule has 0 aromatic heterocycles. The highest BCUT2D eigenvalue weighted by atomic mass is 32.2. The number of hydrogen-bond acceptors (Lipinski definition) is 6. The van der Waals surface area contributed by atoms with Crippen molar-refractivity contribution < 1.29 is 14.3 Å². The Kier molecular flexibility index (Phi) is 5.76. The van der Waals surface area contributed by atoms with Gasteiger partial charge in [-0.3, -0.25) is 4.79 Å². The zero-order valence-electron chi connectivity index (χ0n) is 16.5. The number of aliphatic imine (C=N–C) groups is 1. The second-order valence-electron chi connectivity index (χ2n) is 6.73. The lowest BCUT2D eigenvalue weighted by molar-refractivity contribution is -0.113. The van der Waals surface area contributed by atoms with Crippen molar-refractivity contribution >= 4 is 34.6 Å². The van der Waals surface area contributed by atoms with Crippen molar-refractivity contribution in [3.8, 4) is 11.5 Å². The molecule has 2 aromatic carbocycles. The van der Waals surface area contributed by atoms with Gasteiger partial charge in [-0.1, -0.05) is 24.3 Å². The molecule has 0 bridgehead atoms. The van der Waals surface area contributed by atoms with E-state index in [4.69, 9.17) is 9.47 Å². The van der Waals surface area contributed by atoms with E-state index in [9.17, 15) is 4.79 Å². The number of anilines is 1. The summed E-state index contributed by atoms with van der Waals surface area (Å²) in [4.78, 5) is 21.9. The third-order valence-electron chi connectivity index (χ3n) is 4.99. The minimum Gasteiger partial charge on any atom is -0.493 e. The number of hydrogen-bond donors (Lipinski definition) is 0. The van der Waals surface area contributed by atoms with E-state index in [1.165, 1.54) is 17.4 Å². The molecule has 0 saturated carbocycles. The van der Waals surface area contributed by atoms with E-state index in [2.05, 4.69) is 39.1 Å². The number of amides is 1. The molecule has 2 aromatic rings. The van der Waals surface area contributed by atoms with Gasteiger partial charge in [0.2, 0.25) is 0 Å². The maximum atomic E-state index is 12.4. The normalized spacial score (nSPS) is 18.2. The van der Waals surface area contributed by atoms with Gasteiger partial charge in [-0.2, -0.15) is 4.99 Å². The minimum absolute atomic E-state index is 0.190. The average molecular weight is 410 g/mol. The summed E-state index contributed by atoms with van der Waals surface area (Å²) in [6, 6.07) is 16.0. The smallest absolute Gasteiger partial charge is 0.286 e. The summed E-state index contributed by atoms with van der Waals surface area (Å²) in [5.74, 6) is 1.11. The predicted octanol–water partition coefficient (Wildman–Crippen LogP) is 3.50. The van der Waals surface area contributed by atoms with Crippen LogP contribution in [0.4, 0.5) is 5.69 Å². The standard InChI is InChI=1S/C22H23N3O3S/c1-27-18-9-8-16(14-19(18)28-2)15-20-21(26)23-22(29-20)25-12-10-24(11-13-25)17-6-4-3-5-7-17/h3-9,14-15H,10-13H2,1-2H3. The van der Waals surface area contributed by atoms with E-state index < -0.39 is 0 Å². The lowest BCUT2D eigenvalue weighted by atomic mass is 10.2. The molecule has 0 radical (unpaired) electrons. The second-order valence-corrected chi connectivity index (χ2v) is 7.74. The molecule has 7 heteroatoms. The first kappa shape index (κ1) is 19.4. The predicted molar refractivity (Wildman–Crippen MR) is 118 cm³/mol. The molecule has 150 valence electrons. The van der Waals surface area contributed by atoms with Crippen LogP contribution in [0.1, 0.15) is 5.56 Å². The Labute approximate surface area is 174 Å². The molecule has 4 rings (SSSR count). The van der Waals surface area contributed by atoms with Gasteiger partial charge in [0.05, 0.1) is 19.1 Å². The Morgan fingerprint density at radius 1 is 0.931 bits per heavy atom. The number of thioether (sulfide) groups is 1. The summed E-state index contributed by atoms with van der Waals surface area (Å²) in [5.41, 5.74) is 2.11. The number of para-hydroxylation sites is 1. The van der Waals surface area contributed by atoms with Crippen LogP contribution < -0.4 is 14.4 Å². The summed E-state index contributed by atoms with van der Waals surface area (Å²) < 4.78 is 10.6. The summed E-state index contributed by atoms with van der Waals surface area (Å²) in [5, 5.41) is 0.787. The first-order valence-corrected chi connectivity index (χ1v) is 10.3. The van der Waals surface area contributed by atoms with Crippen molar-refractivity contribution in [1.29, 1.82) is 0 Å². The van der Waals surface area contributed by atoms with Crippen LogP contribution in [0.3, 0.4) is 0 Å². The van der Waals surface area contributed by atoms with E-state index in [1.54, 1.807) is 14.2 Å². The van der Waals surface area contributed by atoms with Gasteiger partial charge in [-0.15, -0.1) is 0 Å². The van der Waals surface area contributed by atoms with Gasteiger partial charge in [0, 0.05) is 31.9 Å². The summed E-state index contributed by atoms with van der Waals surface area (Å²) in [6.07, 6.45) is 1.85. The van der Waals surface area contributed by atoms with Gasteiger partial charge in [0.15, 0.2) is 16.7 Å². The minimum atomic E-state index is -0.190. The van der Waals surface area contributed by atoms with Gasteiger partial charge in [-0.25, -0.2) is 0 Å². The van der Waals surface area contributed by atoms with Crippen LogP contribution in [0.25, 0.3) is 6.08 Å². The summed E-state index contributed by atoms with van der Waals surface area (Å²) in [6.45, 7) is 3.51. The lowest BCUT2D eigenvalue weighted by Gasteiger charge is -2.36.